The average Bonchev–Trinajstić information content (AvgIpc) is 2.74. The Hall–Kier alpha value is -1.31. The summed E-state index contributed by atoms with van der Waals surface area (Å²) in [5.41, 5.74) is 1.09. The largest absolute Gasteiger partial charge is 0.481 e. The minimum absolute atomic E-state index is 0.00324. The Morgan fingerprint density at radius 2 is 2.33 bits per heavy atom. The highest BCUT2D eigenvalue weighted by Crippen LogP contribution is 2.28. The van der Waals surface area contributed by atoms with Gasteiger partial charge in [-0.15, -0.1) is 0 Å². The fourth-order valence-corrected chi connectivity index (χ4v) is 2.74. The number of carboxylic acid groups (broad SMARTS) is 1. The standard InChI is InChI=1S/C13H14ClFN2O3S/c1-7(20-2)5-17-11-3-8(14)9(15)4-10(11)16-13(17)21-6-12(18)19/h3-4,7H,5-6H2,1-2H3,(H,18,19). The summed E-state index contributed by atoms with van der Waals surface area (Å²) in [5.74, 6) is -1.62. The molecule has 1 N–H and O–H groups in total. The van der Waals surface area contributed by atoms with E-state index in [0.717, 1.165) is 11.8 Å². The van der Waals surface area contributed by atoms with Crippen molar-refractivity contribution < 1.29 is 19.0 Å². The maximum absolute atomic E-state index is 13.5. The summed E-state index contributed by atoms with van der Waals surface area (Å²) in [5, 5.41) is 9.29. The van der Waals surface area contributed by atoms with E-state index < -0.39 is 11.8 Å². The number of rotatable bonds is 6. The molecule has 0 fully saturated rings. The first-order valence-electron chi connectivity index (χ1n) is 6.15. The van der Waals surface area contributed by atoms with Crippen LogP contribution in [0.3, 0.4) is 0 Å². The van der Waals surface area contributed by atoms with Gasteiger partial charge in [0.1, 0.15) is 5.82 Å². The normalized spacial score (nSPS) is 12.8. The molecular weight excluding hydrogens is 319 g/mol. The van der Waals surface area contributed by atoms with E-state index in [1.54, 1.807) is 11.7 Å². The summed E-state index contributed by atoms with van der Waals surface area (Å²) in [7, 11) is 1.58. The van der Waals surface area contributed by atoms with Crippen molar-refractivity contribution in [3.63, 3.8) is 0 Å². The molecule has 0 aliphatic rings. The van der Waals surface area contributed by atoms with E-state index in [1.165, 1.54) is 12.1 Å². The van der Waals surface area contributed by atoms with Crippen LogP contribution in [0.2, 0.25) is 5.02 Å². The monoisotopic (exact) mass is 332 g/mol. The SMILES string of the molecule is COC(C)Cn1c(SCC(=O)O)nc2cc(F)c(Cl)cc21. The lowest BCUT2D eigenvalue weighted by atomic mass is 10.3. The van der Waals surface area contributed by atoms with Crippen molar-refractivity contribution in [3.8, 4) is 0 Å². The second-order valence-electron chi connectivity index (χ2n) is 4.49. The Bertz CT molecular complexity index is 677. The molecule has 8 heteroatoms. The van der Waals surface area contributed by atoms with Gasteiger partial charge in [-0.3, -0.25) is 4.79 Å². The van der Waals surface area contributed by atoms with E-state index in [1.807, 2.05) is 6.92 Å². The predicted molar refractivity (Wildman–Crippen MR) is 79.5 cm³/mol. The van der Waals surface area contributed by atoms with Gasteiger partial charge >= 0.3 is 5.97 Å². The van der Waals surface area contributed by atoms with Crippen LogP contribution < -0.4 is 0 Å². The van der Waals surface area contributed by atoms with Crippen molar-refractivity contribution in [2.75, 3.05) is 12.9 Å². The number of imidazole rings is 1. The van der Waals surface area contributed by atoms with Gasteiger partial charge in [-0.05, 0) is 13.0 Å². The molecule has 2 aromatic rings. The Morgan fingerprint density at radius 1 is 1.62 bits per heavy atom. The number of thioether (sulfide) groups is 1. The van der Waals surface area contributed by atoms with Crippen LogP contribution in [0, 0.1) is 5.82 Å². The molecule has 1 heterocycles. The molecular formula is C13H14ClFN2O3S. The molecule has 0 aliphatic heterocycles. The molecule has 1 atom stereocenters. The number of carbonyl (C=O) groups is 1. The van der Waals surface area contributed by atoms with Crippen LogP contribution in [-0.4, -0.2) is 39.6 Å². The molecule has 2 rings (SSSR count). The number of carboxylic acids is 1. The summed E-state index contributed by atoms with van der Waals surface area (Å²) in [6.07, 6.45) is -0.101. The van der Waals surface area contributed by atoms with E-state index >= 15 is 0 Å². The van der Waals surface area contributed by atoms with Gasteiger partial charge in [-0.25, -0.2) is 9.37 Å². The number of methoxy groups -OCH3 is 1. The van der Waals surface area contributed by atoms with Crippen molar-refractivity contribution in [2.45, 2.75) is 24.7 Å². The van der Waals surface area contributed by atoms with Crippen LogP contribution in [0.4, 0.5) is 4.39 Å². The minimum atomic E-state index is -0.942. The maximum atomic E-state index is 13.5. The van der Waals surface area contributed by atoms with E-state index in [4.69, 9.17) is 21.4 Å². The first kappa shape index (κ1) is 16.1. The van der Waals surface area contributed by atoms with Crippen molar-refractivity contribution in [1.82, 2.24) is 9.55 Å². The van der Waals surface area contributed by atoms with E-state index in [0.29, 0.717) is 22.7 Å². The van der Waals surface area contributed by atoms with Crippen LogP contribution in [0.25, 0.3) is 11.0 Å². The zero-order chi connectivity index (χ0) is 15.6. The van der Waals surface area contributed by atoms with Crippen LogP contribution in [0.15, 0.2) is 17.3 Å². The second kappa shape index (κ2) is 6.64. The summed E-state index contributed by atoms with van der Waals surface area (Å²) in [6, 6.07) is 2.74. The van der Waals surface area contributed by atoms with Crippen molar-refractivity contribution in [2.24, 2.45) is 0 Å². The first-order valence-corrected chi connectivity index (χ1v) is 7.51. The fraction of sp³-hybridized carbons (Fsp3) is 0.385. The number of fused-ring (bicyclic) bond motifs is 1. The van der Waals surface area contributed by atoms with Gasteiger partial charge in [-0.2, -0.15) is 0 Å². The predicted octanol–water partition coefficient (Wildman–Crippen LogP) is 3.04. The van der Waals surface area contributed by atoms with Crippen LogP contribution in [-0.2, 0) is 16.1 Å². The van der Waals surface area contributed by atoms with E-state index in [9.17, 15) is 9.18 Å². The van der Waals surface area contributed by atoms with E-state index in [-0.39, 0.29) is 16.9 Å². The van der Waals surface area contributed by atoms with Gasteiger partial charge in [-0.1, -0.05) is 23.4 Å². The van der Waals surface area contributed by atoms with Crippen LogP contribution in [0.5, 0.6) is 0 Å². The third kappa shape index (κ3) is 3.66. The van der Waals surface area contributed by atoms with Gasteiger partial charge in [0, 0.05) is 13.2 Å². The Balaban J connectivity index is 2.48. The number of benzene rings is 1. The quantitative estimate of drug-likeness (QED) is 0.824. The van der Waals surface area contributed by atoms with Gasteiger partial charge in [0.05, 0.1) is 34.5 Å². The van der Waals surface area contributed by atoms with Gasteiger partial charge < -0.3 is 14.4 Å². The minimum Gasteiger partial charge on any atom is -0.481 e. The lowest BCUT2D eigenvalue weighted by molar-refractivity contribution is -0.133. The highest BCUT2D eigenvalue weighted by atomic mass is 35.5. The van der Waals surface area contributed by atoms with Crippen molar-refractivity contribution in [1.29, 1.82) is 0 Å². The van der Waals surface area contributed by atoms with Crippen molar-refractivity contribution in [3.05, 3.63) is 23.0 Å². The fourth-order valence-electron chi connectivity index (χ4n) is 1.84. The molecule has 114 valence electrons. The molecule has 0 spiro atoms. The maximum Gasteiger partial charge on any atom is 0.313 e. The summed E-state index contributed by atoms with van der Waals surface area (Å²) in [4.78, 5) is 15.0. The summed E-state index contributed by atoms with van der Waals surface area (Å²) < 4.78 is 20.5. The molecule has 0 radical (unpaired) electrons. The highest BCUT2D eigenvalue weighted by Gasteiger charge is 2.16. The third-order valence-corrected chi connectivity index (χ3v) is 4.17. The number of nitrogens with zero attached hydrogens (tertiary/aromatic N) is 2. The smallest absolute Gasteiger partial charge is 0.313 e. The van der Waals surface area contributed by atoms with Crippen molar-refractivity contribution >= 4 is 40.4 Å². The number of halogens is 2. The van der Waals surface area contributed by atoms with Gasteiger partial charge in [0.15, 0.2) is 5.16 Å². The third-order valence-electron chi connectivity index (χ3n) is 2.92. The topological polar surface area (TPSA) is 64.3 Å². The van der Waals surface area contributed by atoms with Crippen LogP contribution >= 0.6 is 23.4 Å². The average molecular weight is 333 g/mol. The number of aliphatic carboxylic acids is 1. The molecule has 1 aromatic carbocycles. The lowest BCUT2D eigenvalue weighted by Crippen LogP contribution is -2.15. The Morgan fingerprint density at radius 3 is 2.95 bits per heavy atom. The van der Waals surface area contributed by atoms with Crippen LogP contribution in [0.1, 0.15) is 6.92 Å². The molecule has 0 bridgehead atoms. The lowest BCUT2D eigenvalue weighted by Gasteiger charge is -2.13. The Kier molecular flexibility index (Phi) is 5.08. The molecule has 1 unspecified atom stereocenters. The molecule has 5 nitrogen and oxygen atoms in total. The molecule has 0 saturated carbocycles. The first-order chi connectivity index (χ1) is 9.92. The number of aromatic nitrogens is 2. The zero-order valence-electron chi connectivity index (χ0n) is 11.5. The zero-order valence-corrected chi connectivity index (χ0v) is 13.0. The molecule has 0 saturated heterocycles. The van der Waals surface area contributed by atoms with Gasteiger partial charge in [0.25, 0.3) is 0 Å². The number of hydrogen-bond acceptors (Lipinski definition) is 4. The Labute approximate surface area is 130 Å². The summed E-state index contributed by atoms with van der Waals surface area (Å²) in [6.45, 7) is 2.35. The molecule has 21 heavy (non-hydrogen) atoms. The number of ether oxygens (including phenoxy) is 1. The molecule has 0 aliphatic carbocycles. The van der Waals surface area contributed by atoms with Gasteiger partial charge in [0.2, 0.25) is 0 Å². The molecule has 1 aromatic heterocycles. The summed E-state index contributed by atoms with van der Waals surface area (Å²) >= 11 is 6.89. The number of hydrogen-bond donors (Lipinski definition) is 1. The second-order valence-corrected chi connectivity index (χ2v) is 5.84. The molecule has 0 amide bonds. The highest BCUT2D eigenvalue weighted by molar-refractivity contribution is 7.99. The van der Waals surface area contributed by atoms with E-state index in [2.05, 4.69) is 4.98 Å².